The summed E-state index contributed by atoms with van der Waals surface area (Å²) in [7, 11) is -4.13. The molecule has 0 N–H and O–H groups in total. The Morgan fingerprint density at radius 3 is 1.39 bits per heavy atom. The number of benzene rings is 1. The molecule has 0 heterocycles. The van der Waals surface area contributed by atoms with E-state index in [0.717, 1.165) is 20.8 Å². The van der Waals surface area contributed by atoms with Gasteiger partial charge in [0.2, 0.25) is 5.82 Å². The van der Waals surface area contributed by atoms with E-state index in [0.29, 0.717) is 0 Å². The second kappa shape index (κ2) is 9.62. The van der Waals surface area contributed by atoms with Crippen molar-refractivity contribution in [2.75, 3.05) is 0 Å². The Morgan fingerprint density at radius 1 is 0.679 bits per heavy atom. The van der Waals surface area contributed by atoms with Crippen molar-refractivity contribution in [2.45, 2.75) is 46.1 Å². The molecule has 0 atom stereocenters. The highest BCUT2D eigenvalue weighted by Gasteiger charge is 2.51. The maximum Gasteiger partial charge on any atom is 0.705 e. The van der Waals surface area contributed by atoms with Gasteiger partial charge in [-0.1, -0.05) is 0 Å². The summed E-state index contributed by atoms with van der Waals surface area (Å²) in [6.45, 7) is 2.97. The highest BCUT2D eigenvalue weighted by Crippen LogP contribution is 2.26. The van der Waals surface area contributed by atoms with Gasteiger partial charge in [0, 0.05) is 26.3 Å². The van der Waals surface area contributed by atoms with Gasteiger partial charge in [0.1, 0.15) is 0 Å². The Hall–Kier alpha value is -2.50. The number of carbonyl (C=O) groups excluding carboxylic acids is 3. The average molecular weight is 428 g/mol. The van der Waals surface area contributed by atoms with Crippen LogP contribution in [0, 0.1) is 29.1 Å². The first-order valence-electron chi connectivity index (χ1n) is 7.99. The second-order valence-electron chi connectivity index (χ2n) is 5.72. The highest BCUT2D eigenvalue weighted by atomic mass is 28.4. The Morgan fingerprint density at radius 2 is 1.04 bits per heavy atom. The van der Waals surface area contributed by atoms with Crippen LogP contribution in [0.25, 0.3) is 0 Å². The third-order valence-corrected chi connectivity index (χ3v) is 6.12. The molecule has 0 spiro atoms. The van der Waals surface area contributed by atoms with E-state index in [1.165, 1.54) is 0 Å². The SMILES string of the molecule is CC(=O)O[Si](CCCCc1c(F)c(F)c(F)c(F)c1F)(OC(C)=O)OC(C)=O. The van der Waals surface area contributed by atoms with E-state index in [4.69, 9.17) is 13.3 Å². The maximum absolute atomic E-state index is 13.7. The van der Waals surface area contributed by atoms with Gasteiger partial charge in [-0.25, -0.2) is 22.0 Å². The van der Waals surface area contributed by atoms with Crippen molar-refractivity contribution >= 4 is 26.7 Å². The summed E-state index contributed by atoms with van der Waals surface area (Å²) in [5.74, 6) is -12.9. The number of rotatable bonds is 8. The van der Waals surface area contributed by atoms with Crippen molar-refractivity contribution in [1.29, 1.82) is 0 Å². The summed E-state index contributed by atoms with van der Waals surface area (Å²) in [5.41, 5.74) is -1.00. The van der Waals surface area contributed by atoms with Crippen LogP contribution in [0.2, 0.25) is 6.04 Å². The quantitative estimate of drug-likeness (QED) is 0.208. The van der Waals surface area contributed by atoms with Crippen LogP contribution < -0.4 is 0 Å². The molecule has 0 radical (unpaired) electrons. The van der Waals surface area contributed by atoms with Crippen LogP contribution in [0.4, 0.5) is 22.0 Å². The van der Waals surface area contributed by atoms with Crippen LogP contribution in [0.1, 0.15) is 39.2 Å². The highest BCUT2D eigenvalue weighted by molar-refractivity contribution is 6.65. The summed E-state index contributed by atoms with van der Waals surface area (Å²) < 4.78 is 81.5. The molecular formula is C16H17F5O6Si. The normalized spacial score (nSPS) is 11.1. The number of unbranched alkanes of at least 4 members (excludes halogenated alkanes) is 1. The van der Waals surface area contributed by atoms with Crippen LogP contribution in [-0.4, -0.2) is 26.7 Å². The molecule has 0 aliphatic heterocycles. The molecule has 12 heteroatoms. The molecule has 0 saturated carbocycles. The zero-order valence-electron chi connectivity index (χ0n) is 15.2. The van der Waals surface area contributed by atoms with Crippen molar-refractivity contribution in [3.05, 3.63) is 34.6 Å². The van der Waals surface area contributed by atoms with Crippen molar-refractivity contribution in [2.24, 2.45) is 0 Å². The summed E-state index contributed by atoms with van der Waals surface area (Å²) in [5, 5.41) is 0. The van der Waals surface area contributed by atoms with Gasteiger partial charge in [-0.2, -0.15) is 0 Å². The predicted molar refractivity (Wildman–Crippen MR) is 85.0 cm³/mol. The summed E-state index contributed by atoms with van der Waals surface area (Å²) in [6.07, 6.45) is -0.757. The van der Waals surface area contributed by atoms with Crippen LogP contribution in [0.15, 0.2) is 0 Å². The van der Waals surface area contributed by atoms with Crippen molar-refractivity contribution in [1.82, 2.24) is 0 Å². The molecule has 0 unspecified atom stereocenters. The lowest BCUT2D eigenvalue weighted by molar-refractivity contribution is -0.147. The number of carbonyl (C=O) groups is 3. The molecule has 0 amide bonds. The van der Waals surface area contributed by atoms with Crippen LogP contribution in [-0.2, 0) is 34.1 Å². The third-order valence-electron chi connectivity index (χ3n) is 3.36. The Labute approximate surface area is 157 Å². The monoisotopic (exact) mass is 428 g/mol. The Kier molecular flexibility index (Phi) is 8.09. The van der Waals surface area contributed by atoms with E-state index >= 15 is 0 Å². The van der Waals surface area contributed by atoms with Gasteiger partial charge >= 0.3 is 8.80 Å². The van der Waals surface area contributed by atoms with Crippen molar-refractivity contribution in [3.63, 3.8) is 0 Å². The van der Waals surface area contributed by atoms with E-state index in [-0.39, 0.29) is 18.9 Å². The van der Waals surface area contributed by atoms with Gasteiger partial charge in [-0.05, 0) is 19.3 Å². The van der Waals surface area contributed by atoms with Crippen LogP contribution >= 0.6 is 0 Å². The molecule has 0 aliphatic carbocycles. The predicted octanol–water partition coefficient (Wildman–Crippen LogP) is 3.33. The minimum absolute atomic E-state index is 0.0699. The molecule has 156 valence electrons. The van der Waals surface area contributed by atoms with Gasteiger partial charge in [0.15, 0.2) is 23.3 Å². The number of halogens is 5. The van der Waals surface area contributed by atoms with Crippen LogP contribution in [0.3, 0.4) is 0 Å². The first kappa shape index (κ1) is 23.5. The van der Waals surface area contributed by atoms with Gasteiger partial charge < -0.3 is 13.3 Å². The Bertz CT molecular complexity index is 715. The fourth-order valence-electron chi connectivity index (χ4n) is 2.39. The molecule has 1 aromatic rings. The van der Waals surface area contributed by atoms with Crippen LogP contribution in [0.5, 0.6) is 0 Å². The molecule has 1 rings (SSSR count). The lowest BCUT2D eigenvalue weighted by Gasteiger charge is -2.26. The minimum Gasteiger partial charge on any atom is -0.455 e. The summed E-state index contributed by atoms with van der Waals surface area (Å²) in [4.78, 5) is 33.9. The Balaban J connectivity index is 2.94. The van der Waals surface area contributed by atoms with E-state index in [9.17, 15) is 36.3 Å². The number of hydrogen-bond donors (Lipinski definition) is 0. The molecule has 28 heavy (non-hydrogen) atoms. The summed E-state index contributed by atoms with van der Waals surface area (Å²) >= 11 is 0. The lowest BCUT2D eigenvalue weighted by atomic mass is 10.1. The molecule has 0 fully saturated rings. The van der Waals surface area contributed by atoms with Crippen molar-refractivity contribution < 1.29 is 49.6 Å². The van der Waals surface area contributed by atoms with E-state index < -0.39 is 67.8 Å². The first-order chi connectivity index (χ1) is 12.9. The van der Waals surface area contributed by atoms with E-state index in [1.54, 1.807) is 0 Å². The van der Waals surface area contributed by atoms with Gasteiger partial charge in [0.25, 0.3) is 17.9 Å². The molecular weight excluding hydrogens is 411 g/mol. The smallest absolute Gasteiger partial charge is 0.455 e. The zero-order chi connectivity index (χ0) is 21.6. The van der Waals surface area contributed by atoms with Gasteiger partial charge in [-0.15, -0.1) is 0 Å². The molecule has 1 aromatic carbocycles. The van der Waals surface area contributed by atoms with Gasteiger partial charge in [0.05, 0.1) is 6.04 Å². The lowest BCUT2D eigenvalue weighted by Crippen LogP contribution is -2.49. The minimum atomic E-state index is -4.13. The van der Waals surface area contributed by atoms with E-state index in [1.807, 2.05) is 0 Å². The first-order valence-corrected chi connectivity index (χ1v) is 9.92. The summed E-state index contributed by atoms with van der Waals surface area (Å²) in [6, 6.07) is -0.291. The maximum atomic E-state index is 13.7. The molecule has 0 aliphatic rings. The van der Waals surface area contributed by atoms with Gasteiger partial charge in [-0.3, -0.25) is 14.4 Å². The topological polar surface area (TPSA) is 78.9 Å². The third kappa shape index (κ3) is 6.01. The second-order valence-corrected chi connectivity index (χ2v) is 8.20. The molecule has 6 nitrogen and oxygen atoms in total. The molecule has 0 bridgehead atoms. The fraction of sp³-hybridized carbons (Fsp3) is 0.438. The largest absolute Gasteiger partial charge is 0.705 e. The van der Waals surface area contributed by atoms with E-state index in [2.05, 4.69) is 0 Å². The fourth-order valence-corrected chi connectivity index (χ4v) is 4.81. The standard InChI is InChI=1S/C16H17F5O6Si/c1-8(22)25-28(26-9(2)23,27-10(3)24)7-5-4-6-11-12(17)14(19)16(21)15(20)13(11)18/h4-7H2,1-3H3. The number of hydrogen-bond acceptors (Lipinski definition) is 6. The molecule has 0 saturated heterocycles. The average Bonchev–Trinajstić information content (AvgIpc) is 2.55. The van der Waals surface area contributed by atoms with Crippen molar-refractivity contribution in [3.8, 4) is 0 Å². The molecule has 0 aromatic heterocycles. The zero-order valence-corrected chi connectivity index (χ0v) is 16.2.